The Morgan fingerprint density at radius 3 is 2.70 bits per heavy atom. The van der Waals surface area contributed by atoms with E-state index in [1.807, 2.05) is 6.20 Å². The molecule has 1 fully saturated rings. The van der Waals surface area contributed by atoms with E-state index in [9.17, 15) is 0 Å². The lowest BCUT2D eigenvalue weighted by Crippen LogP contribution is -2.48. The zero-order chi connectivity index (χ0) is 13.4. The van der Waals surface area contributed by atoms with Crippen molar-refractivity contribution in [2.45, 2.75) is 37.6 Å². The van der Waals surface area contributed by atoms with E-state index in [1.165, 1.54) is 49.2 Å². The molecule has 0 amide bonds. The smallest absolute Gasteiger partial charge is 0.0522 e. The number of fused-ring (bicyclic) bond motifs is 1. The van der Waals surface area contributed by atoms with Crippen molar-refractivity contribution in [1.82, 2.24) is 15.1 Å². The lowest BCUT2D eigenvalue weighted by molar-refractivity contribution is 0.0967. The van der Waals surface area contributed by atoms with Crippen LogP contribution in [0.15, 0.2) is 36.5 Å². The maximum atomic E-state index is 4.25. The highest BCUT2D eigenvalue weighted by Gasteiger charge is 2.42. The molecule has 1 aliphatic heterocycles. The molecular formula is C17H21N3. The highest BCUT2D eigenvalue weighted by molar-refractivity contribution is 5.33. The summed E-state index contributed by atoms with van der Waals surface area (Å²) in [6, 6.07) is 11.1. The number of hydrogen-bond donors (Lipinski definition) is 1. The first-order chi connectivity index (χ1) is 9.88. The number of H-pyrrole nitrogens is 1. The molecular weight excluding hydrogens is 246 g/mol. The number of aryl methyl sites for hydroxylation is 1. The molecule has 1 atom stereocenters. The van der Waals surface area contributed by atoms with Crippen molar-refractivity contribution >= 4 is 0 Å². The van der Waals surface area contributed by atoms with Gasteiger partial charge in [-0.1, -0.05) is 30.3 Å². The molecule has 1 unspecified atom stereocenters. The summed E-state index contributed by atoms with van der Waals surface area (Å²) in [6.07, 6.45) is 8.12. The number of hydrogen-bond acceptors (Lipinski definition) is 2. The van der Waals surface area contributed by atoms with Crippen molar-refractivity contribution in [2.75, 3.05) is 13.1 Å². The summed E-state index contributed by atoms with van der Waals surface area (Å²) in [5, 5.41) is 7.42. The number of benzene rings is 1. The van der Waals surface area contributed by atoms with Gasteiger partial charge in [0, 0.05) is 5.69 Å². The molecule has 20 heavy (non-hydrogen) atoms. The molecule has 1 aromatic carbocycles. The van der Waals surface area contributed by atoms with Crippen LogP contribution in [0, 0.1) is 0 Å². The fourth-order valence-electron chi connectivity index (χ4n) is 4.03. The van der Waals surface area contributed by atoms with Gasteiger partial charge in [0.1, 0.15) is 0 Å². The minimum absolute atomic E-state index is 0.189. The van der Waals surface area contributed by atoms with Crippen LogP contribution < -0.4 is 0 Å². The van der Waals surface area contributed by atoms with Crippen LogP contribution in [0.25, 0.3) is 0 Å². The van der Waals surface area contributed by atoms with Gasteiger partial charge in [-0.15, -0.1) is 0 Å². The minimum Gasteiger partial charge on any atom is -0.293 e. The molecule has 2 aromatic rings. The third-order valence-electron chi connectivity index (χ3n) is 5.10. The Kier molecular flexibility index (Phi) is 2.88. The molecule has 0 spiro atoms. The molecule has 2 heterocycles. The number of nitrogens with zero attached hydrogens (tertiary/aromatic N) is 2. The molecule has 1 N–H and O–H groups in total. The highest BCUT2D eigenvalue weighted by atomic mass is 15.2. The summed E-state index contributed by atoms with van der Waals surface area (Å²) in [5.74, 6) is 0. The number of aromatic amines is 1. The predicted molar refractivity (Wildman–Crippen MR) is 79.5 cm³/mol. The second-order valence-corrected chi connectivity index (χ2v) is 6.14. The van der Waals surface area contributed by atoms with Crippen LogP contribution in [-0.4, -0.2) is 28.2 Å². The van der Waals surface area contributed by atoms with Crippen LogP contribution in [0.1, 0.15) is 36.1 Å². The van der Waals surface area contributed by atoms with Gasteiger partial charge in [-0.05, 0) is 56.3 Å². The maximum Gasteiger partial charge on any atom is 0.0522 e. The van der Waals surface area contributed by atoms with Gasteiger partial charge in [-0.2, -0.15) is 5.10 Å². The molecule has 0 radical (unpaired) electrons. The fraction of sp³-hybridized carbons (Fsp3) is 0.471. The Labute approximate surface area is 120 Å². The van der Waals surface area contributed by atoms with Crippen LogP contribution >= 0.6 is 0 Å². The Morgan fingerprint density at radius 2 is 1.90 bits per heavy atom. The third kappa shape index (κ3) is 1.80. The van der Waals surface area contributed by atoms with Gasteiger partial charge < -0.3 is 0 Å². The van der Waals surface area contributed by atoms with Crippen molar-refractivity contribution in [3.8, 4) is 0 Å². The van der Waals surface area contributed by atoms with Crippen LogP contribution in [-0.2, 0) is 18.4 Å². The van der Waals surface area contributed by atoms with Gasteiger partial charge in [0.25, 0.3) is 0 Å². The van der Waals surface area contributed by atoms with Crippen molar-refractivity contribution in [3.05, 3.63) is 53.3 Å². The topological polar surface area (TPSA) is 31.9 Å². The van der Waals surface area contributed by atoms with E-state index in [2.05, 4.69) is 45.4 Å². The van der Waals surface area contributed by atoms with Gasteiger partial charge in [-0.3, -0.25) is 10.00 Å². The molecule has 3 nitrogen and oxygen atoms in total. The summed E-state index contributed by atoms with van der Waals surface area (Å²) in [4.78, 5) is 2.72. The standard InChI is InChI=1S/C17H21N3/c1-2-6-15(7-3-1)17(20-10-4-5-11-20)9-8-16-14(12-17)13-18-19-16/h1-3,6-7,13H,4-5,8-12H2,(H,18,19). The zero-order valence-corrected chi connectivity index (χ0v) is 11.8. The Morgan fingerprint density at radius 1 is 1.10 bits per heavy atom. The van der Waals surface area contributed by atoms with Crippen molar-refractivity contribution in [2.24, 2.45) is 0 Å². The molecule has 0 saturated carbocycles. The van der Waals surface area contributed by atoms with E-state index in [4.69, 9.17) is 0 Å². The molecule has 1 aromatic heterocycles. The summed E-state index contributed by atoms with van der Waals surface area (Å²) in [7, 11) is 0. The summed E-state index contributed by atoms with van der Waals surface area (Å²) in [5.41, 5.74) is 4.42. The number of nitrogens with one attached hydrogen (secondary N) is 1. The third-order valence-corrected chi connectivity index (χ3v) is 5.10. The van der Waals surface area contributed by atoms with E-state index < -0.39 is 0 Å². The van der Waals surface area contributed by atoms with Crippen molar-refractivity contribution in [1.29, 1.82) is 0 Å². The zero-order valence-electron chi connectivity index (χ0n) is 11.8. The van der Waals surface area contributed by atoms with E-state index in [1.54, 1.807) is 0 Å². The lowest BCUT2D eigenvalue weighted by Gasteiger charge is -2.45. The molecule has 104 valence electrons. The monoisotopic (exact) mass is 267 g/mol. The van der Waals surface area contributed by atoms with E-state index in [0.29, 0.717) is 0 Å². The maximum absolute atomic E-state index is 4.25. The highest BCUT2D eigenvalue weighted by Crippen LogP contribution is 2.42. The molecule has 0 bridgehead atoms. The summed E-state index contributed by atoms with van der Waals surface area (Å²) in [6.45, 7) is 2.48. The number of rotatable bonds is 2. The summed E-state index contributed by atoms with van der Waals surface area (Å²) >= 11 is 0. The lowest BCUT2D eigenvalue weighted by atomic mass is 9.74. The van der Waals surface area contributed by atoms with Crippen LogP contribution in [0.4, 0.5) is 0 Å². The normalized spacial score (nSPS) is 26.6. The van der Waals surface area contributed by atoms with Crippen LogP contribution in [0.3, 0.4) is 0 Å². The van der Waals surface area contributed by atoms with Crippen LogP contribution in [0.2, 0.25) is 0 Å². The van der Waals surface area contributed by atoms with E-state index in [0.717, 1.165) is 12.8 Å². The quantitative estimate of drug-likeness (QED) is 0.907. The number of aromatic nitrogens is 2. The second kappa shape index (κ2) is 4.74. The average Bonchev–Trinajstić information content (AvgIpc) is 3.18. The molecule has 2 aliphatic rings. The van der Waals surface area contributed by atoms with Gasteiger partial charge in [0.15, 0.2) is 0 Å². The van der Waals surface area contributed by atoms with Crippen LogP contribution in [0.5, 0.6) is 0 Å². The van der Waals surface area contributed by atoms with Gasteiger partial charge >= 0.3 is 0 Å². The summed E-state index contributed by atoms with van der Waals surface area (Å²) < 4.78 is 0. The SMILES string of the molecule is c1ccc(C2(N3CCCC3)CCc3[nH]ncc3C2)cc1. The Hall–Kier alpha value is -1.61. The van der Waals surface area contributed by atoms with Gasteiger partial charge in [-0.25, -0.2) is 0 Å². The van der Waals surface area contributed by atoms with Gasteiger partial charge in [0.05, 0.1) is 11.7 Å². The second-order valence-electron chi connectivity index (χ2n) is 6.14. The fourth-order valence-corrected chi connectivity index (χ4v) is 4.03. The first-order valence-corrected chi connectivity index (χ1v) is 7.70. The van der Waals surface area contributed by atoms with Gasteiger partial charge in [0.2, 0.25) is 0 Å². The predicted octanol–water partition coefficient (Wildman–Crippen LogP) is 2.89. The molecule has 1 saturated heterocycles. The van der Waals surface area contributed by atoms with E-state index in [-0.39, 0.29) is 5.54 Å². The molecule has 3 heteroatoms. The largest absolute Gasteiger partial charge is 0.293 e. The van der Waals surface area contributed by atoms with Crippen molar-refractivity contribution in [3.63, 3.8) is 0 Å². The molecule has 1 aliphatic carbocycles. The Bertz CT molecular complexity index is 583. The van der Waals surface area contributed by atoms with Crippen molar-refractivity contribution < 1.29 is 0 Å². The first kappa shape index (κ1) is 12.2. The van der Waals surface area contributed by atoms with E-state index >= 15 is 0 Å². The first-order valence-electron chi connectivity index (χ1n) is 7.70. The number of likely N-dealkylation sites (tertiary alicyclic amines) is 1. The molecule has 4 rings (SSSR count). The average molecular weight is 267 g/mol. The Balaban J connectivity index is 1.78. The minimum atomic E-state index is 0.189.